The van der Waals surface area contributed by atoms with E-state index in [0.717, 1.165) is 52.3 Å². The van der Waals surface area contributed by atoms with Gasteiger partial charge in [-0.3, -0.25) is 14.8 Å². The lowest BCUT2D eigenvalue weighted by Gasteiger charge is -2.31. The SMILES string of the molecule is Cc1cncc(-c2cnc3c(c2)CN(c2nn4c(=O)ccnc4c(C)c2C)CC3)c1. The van der Waals surface area contributed by atoms with E-state index in [1.54, 1.807) is 0 Å². The highest BCUT2D eigenvalue weighted by molar-refractivity contribution is 5.64. The summed E-state index contributed by atoms with van der Waals surface area (Å²) >= 11 is 0. The zero-order chi connectivity index (χ0) is 20.8. The molecule has 1 aliphatic rings. The molecule has 4 aromatic heterocycles. The molecule has 150 valence electrons. The quantitative estimate of drug-likeness (QED) is 0.517. The van der Waals surface area contributed by atoms with Crippen LogP contribution in [0.1, 0.15) is 27.9 Å². The molecule has 0 saturated carbocycles. The highest BCUT2D eigenvalue weighted by Crippen LogP contribution is 2.29. The number of rotatable bonds is 2. The Morgan fingerprint density at radius 3 is 2.63 bits per heavy atom. The van der Waals surface area contributed by atoms with Crippen molar-refractivity contribution in [1.29, 1.82) is 0 Å². The lowest BCUT2D eigenvalue weighted by molar-refractivity contribution is 0.684. The summed E-state index contributed by atoms with van der Waals surface area (Å²) in [6, 6.07) is 5.76. The van der Waals surface area contributed by atoms with E-state index in [1.165, 1.54) is 22.3 Å². The van der Waals surface area contributed by atoms with Gasteiger partial charge in [0.2, 0.25) is 0 Å². The smallest absolute Gasteiger partial charge is 0.274 e. The number of hydrogen-bond donors (Lipinski definition) is 0. The molecular weight excluding hydrogens is 376 g/mol. The van der Waals surface area contributed by atoms with Crippen LogP contribution in [-0.4, -0.2) is 31.1 Å². The molecule has 0 spiro atoms. The molecule has 0 N–H and O–H groups in total. The second-order valence-corrected chi connectivity index (χ2v) is 7.84. The van der Waals surface area contributed by atoms with Crippen LogP contribution in [0.4, 0.5) is 5.82 Å². The topological polar surface area (TPSA) is 76.3 Å². The Morgan fingerprint density at radius 1 is 0.967 bits per heavy atom. The maximum absolute atomic E-state index is 12.3. The Balaban J connectivity index is 1.56. The summed E-state index contributed by atoms with van der Waals surface area (Å²) in [6.07, 6.45) is 8.02. The second kappa shape index (κ2) is 7.02. The Bertz CT molecular complexity index is 1340. The van der Waals surface area contributed by atoms with E-state index >= 15 is 0 Å². The lowest BCUT2D eigenvalue weighted by atomic mass is 10.00. The third-order valence-corrected chi connectivity index (χ3v) is 5.80. The zero-order valence-corrected chi connectivity index (χ0v) is 17.3. The lowest BCUT2D eigenvalue weighted by Crippen LogP contribution is -2.33. The first-order valence-electron chi connectivity index (χ1n) is 10.0. The molecule has 30 heavy (non-hydrogen) atoms. The van der Waals surface area contributed by atoms with Gasteiger partial charge in [0.25, 0.3) is 5.56 Å². The molecule has 0 amide bonds. The van der Waals surface area contributed by atoms with E-state index in [9.17, 15) is 4.79 Å². The molecule has 4 aromatic rings. The number of pyridine rings is 2. The van der Waals surface area contributed by atoms with Gasteiger partial charge >= 0.3 is 0 Å². The molecule has 0 fully saturated rings. The van der Waals surface area contributed by atoms with Crippen molar-refractivity contribution in [2.45, 2.75) is 33.7 Å². The number of aryl methyl sites for hydroxylation is 2. The van der Waals surface area contributed by atoms with Gasteiger partial charge in [0.1, 0.15) is 0 Å². The van der Waals surface area contributed by atoms with Crippen LogP contribution < -0.4 is 10.5 Å². The first kappa shape index (κ1) is 18.4. The molecule has 7 nitrogen and oxygen atoms in total. The largest absolute Gasteiger partial charge is 0.350 e. The normalized spacial score (nSPS) is 13.5. The number of anilines is 1. The predicted octanol–water partition coefficient (Wildman–Crippen LogP) is 3.03. The van der Waals surface area contributed by atoms with Gasteiger partial charge in [-0.2, -0.15) is 4.52 Å². The average Bonchev–Trinajstić information content (AvgIpc) is 2.76. The van der Waals surface area contributed by atoms with E-state index in [1.807, 2.05) is 39.4 Å². The van der Waals surface area contributed by atoms with E-state index in [0.29, 0.717) is 12.2 Å². The molecule has 0 radical (unpaired) electrons. The maximum atomic E-state index is 12.3. The molecule has 5 heterocycles. The number of fused-ring (bicyclic) bond motifs is 2. The third kappa shape index (κ3) is 3.03. The van der Waals surface area contributed by atoms with Gasteiger partial charge in [0.15, 0.2) is 11.5 Å². The Kier molecular flexibility index (Phi) is 4.31. The fraction of sp³-hybridized carbons (Fsp3) is 0.261. The minimum atomic E-state index is -0.169. The van der Waals surface area contributed by atoms with Crippen LogP contribution in [0.2, 0.25) is 0 Å². The molecule has 1 aliphatic heterocycles. The molecule has 7 heteroatoms. The highest BCUT2D eigenvalue weighted by atomic mass is 16.1. The number of hydrogen-bond acceptors (Lipinski definition) is 6. The van der Waals surface area contributed by atoms with Gasteiger partial charge in [0.05, 0.1) is 0 Å². The van der Waals surface area contributed by atoms with Crippen LogP contribution in [0.15, 0.2) is 47.8 Å². The van der Waals surface area contributed by atoms with Gasteiger partial charge in [0, 0.05) is 78.3 Å². The molecular formula is C23H22N6O. The van der Waals surface area contributed by atoms with Crippen molar-refractivity contribution in [3.63, 3.8) is 0 Å². The summed E-state index contributed by atoms with van der Waals surface area (Å²) in [5.74, 6) is 0.823. The van der Waals surface area contributed by atoms with E-state index in [4.69, 9.17) is 4.98 Å². The van der Waals surface area contributed by atoms with E-state index < -0.39 is 0 Å². The molecule has 0 bridgehead atoms. The molecule has 5 rings (SSSR count). The Labute approximate surface area is 174 Å². The van der Waals surface area contributed by atoms with Crippen molar-refractivity contribution in [1.82, 2.24) is 24.6 Å². The van der Waals surface area contributed by atoms with Gasteiger partial charge in [-0.05, 0) is 44.0 Å². The zero-order valence-electron chi connectivity index (χ0n) is 17.3. The minimum Gasteiger partial charge on any atom is -0.350 e. The summed E-state index contributed by atoms with van der Waals surface area (Å²) < 4.78 is 1.40. The van der Waals surface area contributed by atoms with Crippen molar-refractivity contribution in [2.75, 3.05) is 11.4 Å². The van der Waals surface area contributed by atoms with Crippen LogP contribution in [0.25, 0.3) is 16.8 Å². The average molecular weight is 398 g/mol. The molecule has 0 atom stereocenters. The number of aromatic nitrogens is 5. The van der Waals surface area contributed by atoms with Crippen LogP contribution in [0, 0.1) is 20.8 Å². The van der Waals surface area contributed by atoms with E-state index in [-0.39, 0.29) is 5.56 Å². The third-order valence-electron chi connectivity index (χ3n) is 5.80. The molecule has 0 aromatic carbocycles. The maximum Gasteiger partial charge on any atom is 0.274 e. The van der Waals surface area contributed by atoms with Crippen LogP contribution in [-0.2, 0) is 13.0 Å². The van der Waals surface area contributed by atoms with Crippen LogP contribution >= 0.6 is 0 Å². The van der Waals surface area contributed by atoms with Crippen LogP contribution in [0.3, 0.4) is 0 Å². The van der Waals surface area contributed by atoms with Crippen molar-refractivity contribution in [3.05, 3.63) is 81.3 Å². The minimum absolute atomic E-state index is 0.169. The number of nitrogens with zero attached hydrogens (tertiary/aromatic N) is 6. The predicted molar refractivity (Wildman–Crippen MR) is 116 cm³/mol. The fourth-order valence-electron chi connectivity index (χ4n) is 4.04. The first-order valence-corrected chi connectivity index (χ1v) is 10.0. The van der Waals surface area contributed by atoms with Crippen molar-refractivity contribution in [3.8, 4) is 11.1 Å². The molecule has 0 unspecified atom stereocenters. The Morgan fingerprint density at radius 2 is 1.80 bits per heavy atom. The fourth-order valence-corrected chi connectivity index (χ4v) is 4.04. The van der Waals surface area contributed by atoms with Crippen molar-refractivity contribution >= 4 is 11.5 Å². The monoisotopic (exact) mass is 398 g/mol. The molecule has 0 aliphatic carbocycles. The second-order valence-electron chi connectivity index (χ2n) is 7.84. The van der Waals surface area contributed by atoms with E-state index in [2.05, 4.69) is 32.1 Å². The summed E-state index contributed by atoms with van der Waals surface area (Å²) in [5, 5.41) is 4.66. The van der Waals surface area contributed by atoms with Gasteiger partial charge in [-0.25, -0.2) is 4.98 Å². The van der Waals surface area contributed by atoms with Gasteiger partial charge in [-0.15, -0.1) is 5.10 Å². The summed E-state index contributed by atoms with van der Waals surface area (Å²) in [6.45, 7) is 7.57. The van der Waals surface area contributed by atoms with Crippen molar-refractivity contribution < 1.29 is 0 Å². The summed E-state index contributed by atoms with van der Waals surface area (Å²) in [4.78, 5) is 27.9. The van der Waals surface area contributed by atoms with Gasteiger partial charge < -0.3 is 4.90 Å². The Hall–Kier alpha value is -3.61. The molecule has 0 saturated heterocycles. The van der Waals surface area contributed by atoms with Gasteiger partial charge in [-0.1, -0.05) is 0 Å². The highest BCUT2D eigenvalue weighted by Gasteiger charge is 2.23. The first-order chi connectivity index (χ1) is 14.5. The standard InChI is InChI=1S/C23H22N6O/c1-14-8-17(11-24-10-14)18-9-19-13-28(7-5-20(19)26-12-18)23-16(3)15(2)22-25-6-4-21(30)29(22)27-23/h4,6,8-12H,5,7,13H2,1-3H3. The summed E-state index contributed by atoms with van der Waals surface area (Å²) in [7, 11) is 0. The summed E-state index contributed by atoms with van der Waals surface area (Å²) in [5.41, 5.74) is 8.00. The van der Waals surface area contributed by atoms with Crippen LogP contribution in [0.5, 0.6) is 0 Å². The van der Waals surface area contributed by atoms with Crippen molar-refractivity contribution in [2.24, 2.45) is 0 Å².